The third-order valence-corrected chi connectivity index (χ3v) is 5.93. The Balaban J connectivity index is 1.91. The van der Waals surface area contributed by atoms with E-state index < -0.39 is 9.84 Å². The van der Waals surface area contributed by atoms with Crippen LogP contribution in [0.1, 0.15) is 12.0 Å². The number of urea groups is 1. The Morgan fingerprint density at radius 2 is 1.92 bits per heavy atom. The summed E-state index contributed by atoms with van der Waals surface area (Å²) in [6, 6.07) is 6.98. The first-order chi connectivity index (χ1) is 11.8. The number of carbonyl (C=O) groups excluding carboxylic acids is 1. The fraction of sp³-hybridized carbons (Fsp3) is 0.588. The number of nitrogens with one attached hydrogen (secondary N) is 1. The summed E-state index contributed by atoms with van der Waals surface area (Å²) >= 11 is 0. The van der Waals surface area contributed by atoms with Crippen LogP contribution >= 0.6 is 0 Å². The molecule has 1 aliphatic rings. The minimum Gasteiger partial charge on any atom is -0.473 e. The predicted octanol–water partition coefficient (Wildman–Crippen LogP) is 1.09. The third-order valence-electron chi connectivity index (χ3n) is 4.18. The van der Waals surface area contributed by atoms with Crippen LogP contribution in [0.2, 0.25) is 0 Å². The lowest BCUT2D eigenvalue weighted by molar-refractivity contribution is 0.162. The van der Waals surface area contributed by atoms with Crippen LogP contribution in [0.25, 0.3) is 0 Å². The van der Waals surface area contributed by atoms with Crippen molar-refractivity contribution in [3.8, 4) is 5.75 Å². The summed E-state index contributed by atoms with van der Waals surface area (Å²) in [5.74, 6) is 0.852. The molecule has 0 aliphatic carbocycles. The smallest absolute Gasteiger partial charge is 0.320 e. The topological polar surface area (TPSA) is 79.0 Å². The van der Waals surface area contributed by atoms with Gasteiger partial charge in [-0.05, 0) is 39.6 Å². The van der Waals surface area contributed by atoms with Crippen molar-refractivity contribution in [2.24, 2.45) is 0 Å². The van der Waals surface area contributed by atoms with Gasteiger partial charge >= 0.3 is 6.03 Å². The lowest BCUT2D eigenvalue weighted by Gasteiger charge is -2.29. The van der Waals surface area contributed by atoms with Crippen molar-refractivity contribution < 1.29 is 17.9 Å². The maximum Gasteiger partial charge on any atom is 0.320 e. The number of hydrogen-bond donors (Lipinski definition) is 1. The van der Waals surface area contributed by atoms with E-state index in [4.69, 9.17) is 4.74 Å². The fourth-order valence-electron chi connectivity index (χ4n) is 2.70. The Bertz CT molecular complexity index is 674. The summed E-state index contributed by atoms with van der Waals surface area (Å²) in [6.07, 6.45) is 0.488. The van der Waals surface area contributed by atoms with E-state index in [9.17, 15) is 13.2 Å². The standard InChI is InChI=1S/C17H27N3O4S/c1-14-4-6-16(7-5-14)24-13-18-17(21)20(10-9-19(2)3)15-8-11-25(22,23)12-15/h4-7,15H,8-13H2,1-3H3,(H,18,21). The molecule has 0 bridgehead atoms. The average Bonchev–Trinajstić information content (AvgIpc) is 2.89. The van der Waals surface area contributed by atoms with Crippen LogP contribution < -0.4 is 10.1 Å². The Morgan fingerprint density at radius 3 is 2.48 bits per heavy atom. The number of hydrogen-bond acceptors (Lipinski definition) is 5. The number of carbonyl (C=O) groups is 1. The molecule has 25 heavy (non-hydrogen) atoms. The van der Waals surface area contributed by atoms with Crippen LogP contribution in [0.3, 0.4) is 0 Å². The van der Waals surface area contributed by atoms with Gasteiger partial charge in [-0.2, -0.15) is 0 Å². The molecule has 2 amide bonds. The highest BCUT2D eigenvalue weighted by molar-refractivity contribution is 7.91. The second kappa shape index (κ2) is 8.53. The van der Waals surface area contributed by atoms with Crippen molar-refractivity contribution in [2.45, 2.75) is 19.4 Å². The summed E-state index contributed by atoms with van der Waals surface area (Å²) in [6.45, 7) is 3.18. The Hall–Kier alpha value is -1.80. The van der Waals surface area contributed by atoms with Crippen molar-refractivity contribution in [3.63, 3.8) is 0 Å². The summed E-state index contributed by atoms with van der Waals surface area (Å²) in [5, 5.41) is 2.73. The van der Waals surface area contributed by atoms with Gasteiger partial charge in [0, 0.05) is 19.1 Å². The largest absolute Gasteiger partial charge is 0.473 e. The van der Waals surface area contributed by atoms with Gasteiger partial charge in [-0.15, -0.1) is 0 Å². The molecule has 0 aromatic heterocycles. The molecular weight excluding hydrogens is 342 g/mol. The molecule has 7 nitrogen and oxygen atoms in total. The molecule has 1 atom stereocenters. The lowest BCUT2D eigenvalue weighted by atomic mass is 10.2. The Morgan fingerprint density at radius 1 is 1.24 bits per heavy atom. The van der Waals surface area contributed by atoms with Gasteiger partial charge in [0.25, 0.3) is 0 Å². The van der Waals surface area contributed by atoms with E-state index in [-0.39, 0.29) is 30.3 Å². The molecule has 0 spiro atoms. The first-order valence-electron chi connectivity index (χ1n) is 8.36. The van der Waals surface area contributed by atoms with E-state index in [0.717, 1.165) is 5.56 Å². The zero-order valence-electron chi connectivity index (χ0n) is 15.1. The predicted molar refractivity (Wildman–Crippen MR) is 97.5 cm³/mol. The van der Waals surface area contributed by atoms with Crippen LogP contribution in [-0.4, -0.2) is 75.7 Å². The molecule has 1 fully saturated rings. The molecule has 8 heteroatoms. The van der Waals surface area contributed by atoms with Gasteiger partial charge in [-0.3, -0.25) is 0 Å². The number of sulfone groups is 1. The second-order valence-electron chi connectivity index (χ2n) is 6.64. The number of amides is 2. The molecule has 1 aliphatic heterocycles. The highest BCUT2D eigenvalue weighted by atomic mass is 32.2. The van der Waals surface area contributed by atoms with Gasteiger partial charge in [0.1, 0.15) is 5.75 Å². The number of nitrogens with zero attached hydrogens (tertiary/aromatic N) is 2. The van der Waals surface area contributed by atoms with Crippen molar-refractivity contribution in [3.05, 3.63) is 29.8 Å². The number of rotatable bonds is 7. The van der Waals surface area contributed by atoms with Crippen LogP contribution in [0.15, 0.2) is 24.3 Å². The van der Waals surface area contributed by atoms with Crippen LogP contribution in [0, 0.1) is 6.92 Å². The van der Waals surface area contributed by atoms with E-state index in [1.165, 1.54) is 0 Å². The molecule has 1 heterocycles. The van der Waals surface area contributed by atoms with Gasteiger partial charge in [0.15, 0.2) is 16.6 Å². The molecule has 1 aromatic rings. The van der Waals surface area contributed by atoms with Gasteiger partial charge in [-0.1, -0.05) is 17.7 Å². The lowest BCUT2D eigenvalue weighted by Crippen LogP contribution is -2.49. The Kier molecular flexibility index (Phi) is 6.66. The van der Waals surface area contributed by atoms with Crippen molar-refractivity contribution >= 4 is 15.9 Å². The van der Waals surface area contributed by atoms with Crippen LogP contribution in [-0.2, 0) is 9.84 Å². The van der Waals surface area contributed by atoms with Gasteiger partial charge in [-0.25, -0.2) is 13.2 Å². The number of benzene rings is 1. The van der Waals surface area contributed by atoms with Gasteiger partial charge < -0.3 is 19.9 Å². The first kappa shape index (κ1) is 19.5. The van der Waals surface area contributed by atoms with Gasteiger partial charge in [0.05, 0.1) is 11.5 Å². The highest BCUT2D eigenvalue weighted by Gasteiger charge is 2.34. The molecule has 0 saturated carbocycles. The third kappa shape index (κ3) is 6.21. The molecule has 0 radical (unpaired) electrons. The zero-order valence-corrected chi connectivity index (χ0v) is 15.9. The maximum absolute atomic E-state index is 12.5. The molecule has 2 rings (SSSR count). The normalized spacial score (nSPS) is 19.0. The first-order valence-corrected chi connectivity index (χ1v) is 10.2. The minimum atomic E-state index is -3.05. The number of aryl methyl sites for hydroxylation is 1. The van der Waals surface area contributed by atoms with E-state index in [0.29, 0.717) is 25.3 Å². The summed E-state index contributed by atoms with van der Waals surface area (Å²) in [4.78, 5) is 16.1. The van der Waals surface area contributed by atoms with Crippen LogP contribution in [0.4, 0.5) is 4.79 Å². The van der Waals surface area contributed by atoms with Crippen LogP contribution in [0.5, 0.6) is 5.75 Å². The average molecular weight is 369 g/mol. The van der Waals surface area contributed by atoms with Gasteiger partial charge in [0.2, 0.25) is 0 Å². The highest BCUT2D eigenvalue weighted by Crippen LogP contribution is 2.18. The van der Waals surface area contributed by atoms with Crippen molar-refractivity contribution in [1.82, 2.24) is 15.1 Å². The number of ether oxygens (including phenoxy) is 1. The van der Waals surface area contributed by atoms with E-state index in [1.807, 2.05) is 50.2 Å². The van der Waals surface area contributed by atoms with Crippen molar-refractivity contribution in [2.75, 3.05) is 45.4 Å². The molecule has 1 aromatic carbocycles. The maximum atomic E-state index is 12.5. The SMILES string of the molecule is Cc1ccc(OCNC(=O)N(CCN(C)C)C2CCS(=O)(=O)C2)cc1. The summed E-state index contributed by atoms with van der Waals surface area (Å²) < 4.78 is 29.0. The number of likely N-dealkylation sites (N-methyl/N-ethyl adjacent to an activating group) is 1. The molecule has 1 N–H and O–H groups in total. The molecular formula is C17H27N3O4S. The minimum absolute atomic E-state index is 0.0344. The molecule has 140 valence electrons. The molecule has 1 unspecified atom stereocenters. The quantitative estimate of drug-likeness (QED) is 0.728. The van der Waals surface area contributed by atoms with E-state index >= 15 is 0 Å². The molecule has 1 saturated heterocycles. The zero-order chi connectivity index (χ0) is 18.4. The second-order valence-corrected chi connectivity index (χ2v) is 8.87. The fourth-order valence-corrected chi connectivity index (χ4v) is 4.43. The van der Waals surface area contributed by atoms with Crippen molar-refractivity contribution in [1.29, 1.82) is 0 Å². The summed E-state index contributed by atoms with van der Waals surface area (Å²) in [5.41, 5.74) is 1.13. The Labute approximate surface area is 149 Å². The summed E-state index contributed by atoms with van der Waals surface area (Å²) in [7, 11) is 0.791. The monoisotopic (exact) mass is 369 g/mol. The van der Waals surface area contributed by atoms with E-state index in [1.54, 1.807) is 4.90 Å². The van der Waals surface area contributed by atoms with E-state index in [2.05, 4.69) is 5.32 Å².